The van der Waals surface area contributed by atoms with Gasteiger partial charge in [-0.25, -0.2) is 15.0 Å². The number of hydrogen-bond donors (Lipinski definition) is 0. The van der Waals surface area contributed by atoms with Gasteiger partial charge in [-0.1, -0.05) is 41.6 Å². The normalized spacial score (nSPS) is 11.1. The second kappa shape index (κ2) is 6.23. The Morgan fingerprint density at radius 1 is 1.00 bits per heavy atom. The third kappa shape index (κ3) is 3.08. The minimum absolute atomic E-state index is 0.548. The Morgan fingerprint density at radius 3 is 2.41 bits per heavy atom. The number of benzene rings is 1. The van der Waals surface area contributed by atoms with Crippen LogP contribution in [-0.2, 0) is 5.75 Å². The highest BCUT2D eigenvalue weighted by atomic mass is 35.5. The number of aromatic nitrogens is 3. The molecule has 0 spiro atoms. The summed E-state index contributed by atoms with van der Waals surface area (Å²) in [6, 6.07) is 10.1. The highest BCUT2D eigenvalue weighted by Crippen LogP contribution is 2.27. The molecule has 0 aliphatic heterocycles. The highest BCUT2D eigenvalue weighted by Gasteiger charge is 2.09. The minimum atomic E-state index is 0.548. The van der Waals surface area contributed by atoms with E-state index in [1.54, 1.807) is 11.8 Å². The molecule has 0 N–H and O–H groups in total. The zero-order valence-corrected chi connectivity index (χ0v) is 14.3. The molecule has 3 rings (SSSR count). The molecule has 0 saturated carbocycles. The molecule has 2 aromatic heterocycles. The van der Waals surface area contributed by atoms with Crippen LogP contribution < -0.4 is 0 Å². The number of nitrogens with zero attached hydrogens (tertiary/aromatic N) is 3. The standard InChI is InChI=1S/C17H16ClN3S/c1-10-11(2)19-17(20-12(10)3)22-9-14-8-13-6-4-5-7-15(13)21-16(14)18/h4-8H,9H2,1-3H3. The van der Waals surface area contributed by atoms with Crippen LogP contribution in [0.2, 0.25) is 5.15 Å². The predicted octanol–water partition coefficient (Wildman–Crippen LogP) is 4.90. The maximum absolute atomic E-state index is 6.29. The molecule has 2 heterocycles. The lowest BCUT2D eigenvalue weighted by molar-refractivity contribution is 0.880. The van der Waals surface area contributed by atoms with Gasteiger partial charge < -0.3 is 0 Å². The quantitative estimate of drug-likeness (QED) is 0.389. The largest absolute Gasteiger partial charge is 0.236 e. The third-order valence-corrected chi connectivity index (χ3v) is 4.94. The Bertz CT molecular complexity index is 825. The van der Waals surface area contributed by atoms with Crippen molar-refractivity contribution in [2.45, 2.75) is 31.7 Å². The summed E-state index contributed by atoms with van der Waals surface area (Å²) in [5.74, 6) is 0.707. The number of para-hydroxylation sites is 1. The lowest BCUT2D eigenvalue weighted by Gasteiger charge is -2.08. The summed E-state index contributed by atoms with van der Waals surface area (Å²) in [7, 11) is 0. The predicted molar refractivity (Wildman–Crippen MR) is 92.6 cm³/mol. The maximum atomic E-state index is 6.29. The van der Waals surface area contributed by atoms with Gasteiger partial charge in [0.15, 0.2) is 5.16 Å². The molecule has 5 heteroatoms. The molecule has 22 heavy (non-hydrogen) atoms. The summed E-state index contributed by atoms with van der Waals surface area (Å²) in [6.45, 7) is 6.07. The Balaban J connectivity index is 1.86. The van der Waals surface area contributed by atoms with Gasteiger partial charge in [-0.05, 0) is 38.5 Å². The van der Waals surface area contributed by atoms with E-state index >= 15 is 0 Å². The van der Waals surface area contributed by atoms with Crippen LogP contribution in [0.5, 0.6) is 0 Å². The van der Waals surface area contributed by atoms with E-state index in [0.717, 1.165) is 38.6 Å². The van der Waals surface area contributed by atoms with Crippen LogP contribution in [0.15, 0.2) is 35.5 Å². The minimum Gasteiger partial charge on any atom is -0.236 e. The van der Waals surface area contributed by atoms with Crippen molar-refractivity contribution in [2.24, 2.45) is 0 Å². The van der Waals surface area contributed by atoms with Crippen molar-refractivity contribution in [2.75, 3.05) is 0 Å². The van der Waals surface area contributed by atoms with Crippen LogP contribution in [0.1, 0.15) is 22.5 Å². The van der Waals surface area contributed by atoms with E-state index in [-0.39, 0.29) is 0 Å². The number of pyridine rings is 1. The maximum Gasteiger partial charge on any atom is 0.188 e. The van der Waals surface area contributed by atoms with Crippen molar-refractivity contribution in [1.82, 2.24) is 15.0 Å². The molecular formula is C17H16ClN3S. The Kier molecular flexibility index (Phi) is 4.32. The summed E-state index contributed by atoms with van der Waals surface area (Å²) in [5.41, 5.74) is 5.12. The average Bonchev–Trinajstić information content (AvgIpc) is 2.50. The summed E-state index contributed by atoms with van der Waals surface area (Å²) >= 11 is 7.88. The molecule has 0 atom stereocenters. The van der Waals surface area contributed by atoms with Crippen molar-refractivity contribution in [1.29, 1.82) is 0 Å². The van der Waals surface area contributed by atoms with Crippen molar-refractivity contribution in [3.8, 4) is 0 Å². The topological polar surface area (TPSA) is 38.7 Å². The fraction of sp³-hybridized carbons (Fsp3) is 0.235. The molecular weight excluding hydrogens is 314 g/mol. The van der Waals surface area contributed by atoms with Gasteiger partial charge in [-0.3, -0.25) is 0 Å². The lowest BCUT2D eigenvalue weighted by atomic mass is 10.2. The van der Waals surface area contributed by atoms with Gasteiger partial charge in [0.2, 0.25) is 0 Å². The summed E-state index contributed by atoms with van der Waals surface area (Å²) in [5, 5.41) is 2.43. The highest BCUT2D eigenvalue weighted by molar-refractivity contribution is 7.98. The van der Waals surface area contributed by atoms with Crippen LogP contribution in [0.25, 0.3) is 10.9 Å². The fourth-order valence-corrected chi connectivity index (χ4v) is 3.38. The van der Waals surface area contributed by atoms with E-state index in [1.165, 1.54) is 0 Å². The molecule has 0 aliphatic rings. The Hall–Kier alpha value is -1.65. The molecule has 1 aromatic carbocycles. The summed E-state index contributed by atoms with van der Waals surface area (Å²) in [6.07, 6.45) is 0. The van der Waals surface area contributed by atoms with Gasteiger partial charge in [0.1, 0.15) is 5.15 Å². The second-order valence-electron chi connectivity index (χ2n) is 5.22. The molecule has 0 unspecified atom stereocenters. The van der Waals surface area contributed by atoms with Crippen LogP contribution in [0.4, 0.5) is 0 Å². The second-order valence-corrected chi connectivity index (χ2v) is 6.52. The first-order chi connectivity index (χ1) is 10.5. The number of aryl methyl sites for hydroxylation is 2. The third-order valence-electron chi connectivity index (χ3n) is 3.72. The van der Waals surface area contributed by atoms with E-state index in [9.17, 15) is 0 Å². The fourth-order valence-electron chi connectivity index (χ4n) is 2.19. The van der Waals surface area contributed by atoms with Gasteiger partial charge in [0.05, 0.1) is 5.52 Å². The Labute approximate surface area is 139 Å². The van der Waals surface area contributed by atoms with Gasteiger partial charge in [-0.2, -0.15) is 0 Å². The SMILES string of the molecule is Cc1nc(SCc2cc3ccccc3nc2Cl)nc(C)c1C. The molecule has 0 saturated heterocycles. The van der Waals surface area contributed by atoms with Gasteiger partial charge >= 0.3 is 0 Å². The summed E-state index contributed by atoms with van der Waals surface area (Å²) < 4.78 is 0. The molecule has 3 nitrogen and oxygen atoms in total. The number of rotatable bonds is 3. The number of hydrogen-bond acceptors (Lipinski definition) is 4. The number of thioether (sulfide) groups is 1. The van der Waals surface area contributed by atoms with E-state index < -0.39 is 0 Å². The van der Waals surface area contributed by atoms with Gasteiger partial charge in [0.25, 0.3) is 0 Å². The molecule has 0 radical (unpaired) electrons. The first-order valence-corrected chi connectivity index (χ1v) is 8.40. The number of halogens is 1. The first kappa shape index (κ1) is 15.3. The van der Waals surface area contributed by atoms with E-state index in [1.807, 2.05) is 45.0 Å². The van der Waals surface area contributed by atoms with Crippen molar-refractivity contribution in [3.05, 3.63) is 58.0 Å². The summed E-state index contributed by atoms with van der Waals surface area (Å²) in [4.78, 5) is 13.5. The van der Waals surface area contributed by atoms with E-state index in [2.05, 4.69) is 21.0 Å². The lowest BCUT2D eigenvalue weighted by Crippen LogP contribution is -1.98. The first-order valence-electron chi connectivity index (χ1n) is 7.03. The average molecular weight is 330 g/mol. The van der Waals surface area contributed by atoms with Crippen molar-refractivity contribution < 1.29 is 0 Å². The molecule has 0 fully saturated rings. The van der Waals surface area contributed by atoms with Gasteiger partial charge in [-0.15, -0.1) is 0 Å². The smallest absolute Gasteiger partial charge is 0.188 e. The molecule has 3 aromatic rings. The molecule has 0 bridgehead atoms. The van der Waals surface area contributed by atoms with Crippen LogP contribution in [0, 0.1) is 20.8 Å². The molecule has 0 amide bonds. The van der Waals surface area contributed by atoms with Crippen LogP contribution in [-0.4, -0.2) is 15.0 Å². The molecule has 112 valence electrons. The van der Waals surface area contributed by atoms with E-state index in [0.29, 0.717) is 10.9 Å². The number of fused-ring (bicyclic) bond motifs is 1. The van der Waals surface area contributed by atoms with Gasteiger partial charge in [0, 0.05) is 28.1 Å². The van der Waals surface area contributed by atoms with E-state index in [4.69, 9.17) is 11.6 Å². The zero-order valence-electron chi connectivity index (χ0n) is 12.7. The monoisotopic (exact) mass is 329 g/mol. The molecule has 0 aliphatic carbocycles. The van der Waals surface area contributed by atoms with Crippen molar-refractivity contribution >= 4 is 34.3 Å². The Morgan fingerprint density at radius 2 is 1.68 bits per heavy atom. The van der Waals surface area contributed by atoms with Crippen LogP contribution in [0.3, 0.4) is 0 Å². The van der Waals surface area contributed by atoms with Crippen LogP contribution >= 0.6 is 23.4 Å². The van der Waals surface area contributed by atoms with Crippen molar-refractivity contribution in [3.63, 3.8) is 0 Å². The zero-order chi connectivity index (χ0) is 15.7.